The van der Waals surface area contributed by atoms with E-state index in [1.165, 1.54) is 36.1 Å². The normalized spacial score (nSPS) is 16.9. The number of carbonyl (C=O) groups is 1. The van der Waals surface area contributed by atoms with Crippen LogP contribution in [-0.4, -0.2) is 5.91 Å². The number of fused-ring (bicyclic) bond motifs is 1. The predicted molar refractivity (Wildman–Crippen MR) is 58.7 cm³/mol. The van der Waals surface area contributed by atoms with Crippen molar-refractivity contribution in [1.82, 2.24) is 0 Å². The average Bonchev–Trinajstić information content (AvgIpc) is 2.48. The summed E-state index contributed by atoms with van der Waals surface area (Å²) in [4.78, 5) is 13.1. The molecule has 0 saturated carbocycles. The SMILES string of the molecule is NC(=O)c1cc2c(s1)CCCCCC2. The lowest BCUT2D eigenvalue weighted by Gasteiger charge is -2.07. The molecular formula is C11H15NOS. The minimum absolute atomic E-state index is 0.276. The van der Waals surface area contributed by atoms with Crippen molar-refractivity contribution in [3.05, 3.63) is 21.4 Å². The monoisotopic (exact) mass is 209 g/mol. The van der Waals surface area contributed by atoms with Crippen LogP contribution < -0.4 is 5.73 Å². The molecule has 1 aliphatic carbocycles. The quantitative estimate of drug-likeness (QED) is 0.758. The molecule has 0 unspecified atom stereocenters. The number of hydrogen-bond donors (Lipinski definition) is 1. The maximum atomic E-state index is 11.0. The molecule has 0 aromatic carbocycles. The first-order valence-electron chi connectivity index (χ1n) is 5.19. The molecule has 0 bridgehead atoms. The maximum Gasteiger partial charge on any atom is 0.258 e. The third kappa shape index (κ3) is 1.98. The molecule has 0 radical (unpaired) electrons. The second-order valence-corrected chi connectivity index (χ2v) is 4.97. The van der Waals surface area contributed by atoms with Gasteiger partial charge < -0.3 is 5.73 Å². The Morgan fingerprint density at radius 1 is 1.21 bits per heavy atom. The van der Waals surface area contributed by atoms with Crippen molar-refractivity contribution in [1.29, 1.82) is 0 Å². The van der Waals surface area contributed by atoms with E-state index in [1.807, 2.05) is 6.07 Å². The van der Waals surface area contributed by atoms with Crippen LogP contribution in [0.25, 0.3) is 0 Å². The molecular weight excluding hydrogens is 194 g/mol. The summed E-state index contributed by atoms with van der Waals surface area (Å²) in [6, 6.07) is 1.99. The van der Waals surface area contributed by atoms with Gasteiger partial charge in [0.15, 0.2) is 0 Å². The summed E-state index contributed by atoms with van der Waals surface area (Å²) in [6.45, 7) is 0. The smallest absolute Gasteiger partial charge is 0.258 e. The first-order chi connectivity index (χ1) is 6.77. The third-order valence-electron chi connectivity index (χ3n) is 2.74. The molecule has 0 spiro atoms. The number of thiophene rings is 1. The molecule has 3 heteroatoms. The van der Waals surface area contributed by atoms with Crippen LogP contribution in [0.5, 0.6) is 0 Å². The maximum absolute atomic E-state index is 11.0. The molecule has 2 rings (SSSR count). The zero-order valence-corrected chi connectivity index (χ0v) is 9.03. The van der Waals surface area contributed by atoms with Gasteiger partial charge in [-0.2, -0.15) is 0 Å². The van der Waals surface area contributed by atoms with E-state index in [2.05, 4.69) is 0 Å². The molecule has 0 saturated heterocycles. The van der Waals surface area contributed by atoms with Gasteiger partial charge in [-0.1, -0.05) is 12.8 Å². The molecule has 76 valence electrons. The van der Waals surface area contributed by atoms with Gasteiger partial charge in [0.1, 0.15) is 0 Å². The van der Waals surface area contributed by atoms with Gasteiger partial charge >= 0.3 is 0 Å². The van der Waals surface area contributed by atoms with E-state index in [0.717, 1.165) is 17.7 Å². The Balaban J connectivity index is 2.27. The largest absolute Gasteiger partial charge is 0.365 e. The van der Waals surface area contributed by atoms with Gasteiger partial charge in [-0.15, -0.1) is 11.3 Å². The summed E-state index contributed by atoms with van der Waals surface area (Å²) in [6.07, 6.45) is 7.41. The Bertz CT molecular complexity index is 318. The first kappa shape index (κ1) is 9.71. The van der Waals surface area contributed by atoms with Gasteiger partial charge in [0.2, 0.25) is 0 Å². The summed E-state index contributed by atoms with van der Waals surface area (Å²) in [5, 5.41) is 0. The lowest BCUT2D eigenvalue weighted by Crippen LogP contribution is -2.08. The van der Waals surface area contributed by atoms with E-state index < -0.39 is 0 Å². The summed E-state index contributed by atoms with van der Waals surface area (Å²) < 4.78 is 0. The Morgan fingerprint density at radius 2 is 1.93 bits per heavy atom. The zero-order chi connectivity index (χ0) is 9.97. The summed E-state index contributed by atoms with van der Waals surface area (Å²) in [5.41, 5.74) is 6.64. The van der Waals surface area contributed by atoms with E-state index in [9.17, 15) is 4.79 Å². The molecule has 2 nitrogen and oxygen atoms in total. The van der Waals surface area contributed by atoms with Gasteiger partial charge in [0.05, 0.1) is 4.88 Å². The highest BCUT2D eigenvalue weighted by molar-refractivity contribution is 7.14. The standard InChI is InChI=1S/C11H15NOS/c12-11(13)10-7-8-5-3-1-2-4-6-9(8)14-10/h7H,1-6H2,(H2,12,13). The van der Waals surface area contributed by atoms with E-state index in [-0.39, 0.29) is 5.91 Å². The molecule has 0 atom stereocenters. The van der Waals surface area contributed by atoms with Gasteiger partial charge in [0, 0.05) is 4.88 Å². The molecule has 1 aromatic heterocycles. The van der Waals surface area contributed by atoms with Crippen LogP contribution in [0.4, 0.5) is 0 Å². The summed E-state index contributed by atoms with van der Waals surface area (Å²) in [7, 11) is 0. The zero-order valence-electron chi connectivity index (χ0n) is 8.21. The van der Waals surface area contributed by atoms with Crippen molar-refractivity contribution in [3.8, 4) is 0 Å². The Kier molecular flexibility index (Phi) is 2.87. The Labute approximate surface area is 88.1 Å². The number of primary amides is 1. The van der Waals surface area contributed by atoms with Crippen LogP contribution in [-0.2, 0) is 12.8 Å². The lowest BCUT2D eigenvalue weighted by molar-refractivity contribution is 0.100. The van der Waals surface area contributed by atoms with Crippen molar-refractivity contribution in [3.63, 3.8) is 0 Å². The van der Waals surface area contributed by atoms with Crippen molar-refractivity contribution in [2.45, 2.75) is 38.5 Å². The van der Waals surface area contributed by atoms with Crippen LogP contribution in [0, 0.1) is 0 Å². The summed E-state index contributed by atoms with van der Waals surface area (Å²) >= 11 is 1.59. The highest BCUT2D eigenvalue weighted by atomic mass is 32.1. The van der Waals surface area contributed by atoms with Gasteiger partial charge in [0.25, 0.3) is 5.91 Å². The van der Waals surface area contributed by atoms with Crippen molar-refractivity contribution in [2.75, 3.05) is 0 Å². The Morgan fingerprint density at radius 3 is 2.64 bits per heavy atom. The third-order valence-corrected chi connectivity index (χ3v) is 3.99. The lowest BCUT2D eigenvalue weighted by atomic mass is 10.00. The molecule has 14 heavy (non-hydrogen) atoms. The van der Waals surface area contributed by atoms with Crippen LogP contribution >= 0.6 is 11.3 Å². The van der Waals surface area contributed by atoms with Gasteiger partial charge in [-0.3, -0.25) is 4.79 Å². The Hall–Kier alpha value is -0.830. The minimum Gasteiger partial charge on any atom is -0.365 e. The molecule has 0 aliphatic heterocycles. The molecule has 2 N–H and O–H groups in total. The van der Waals surface area contributed by atoms with E-state index >= 15 is 0 Å². The van der Waals surface area contributed by atoms with Crippen LogP contribution in [0.1, 0.15) is 45.8 Å². The highest BCUT2D eigenvalue weighted by Gasteiger charge is 2.13. The topological polar surface area (TPSA) is 43.1 Å². The predicted octanol–water partition coefficient (Wildman–Crippen LogP) is 2.51. The number of amides is 1. The van der Waals surface area contributed by atoms with E-state index in [4.69, 9.17) is 5.73 Å². The molecule has 1 aromatic rings. The number of hydrogen-bond acceptors (Lipinski definition) is 2. The minimum atomic E-state index is -0.276. The molecule has 1 aliphatic rings. The fraction of sp³-hybridized carbons (Fsp3) is 0.545. The average molecular weight is 209 g/mol. The number of rotatable bonds is 1. The number of aryl methyl sites for hydroxylation is 2. The fourth-order valence-electron chi connectivity index (χ4n) is 1.97. The number of carbonyl (C=O) groups excluding carboxylic acids is 1. The highest BCUT2D eigenvalue weighted by Crippen LogP contribution is 2.28. The van der Waals surface area contributed by atoms with E-state index in [0.29, 0.717) is 0 Å². The fourth-order valence-corrected chi connectivity index (χ4v) is 3.07. The second kappa shape index (κ2) is 4.13. The van der Waals surface area contributed by atoms with E-state index in [1.54, 1.807) is 11.3 Å². The second-order valence-electron chi connectivity index (χ2n) is 3.84. The number of nitrogens with two attached hydrogens (primary N) is 1. The van der Waals surface area contributed by atoms with Crippen LogP contribution in [0.2, 0.25) is 0 Å². The molecule has 1 heterocycles. The van der Waals surface area contributed by atoms with Crippen LogP contribution in [0.3, 0.4) is 0 Å². The van der Waals surface area contributed by atoms with Crippen LogP contribution in [0.15, 0.2) is 6.07 Å². The van der Waals surface area contributed by atoms with Crippen molar-refractivity contribution < 1.29 is 4.79 Å². The molecule has 1 amide bonds. The summed E-state index contributed by atoms with van der Waals surface area (Å²) in [5.74, 6) is -0.276. The van der Waals surface area contributed by atoms with Gasteiger partial charge in [-0.05, 0) is 37.3 Å². The van der Waals surface area contributed by atoms with Gasteiger partial charge in [-0.25, -0.2) is 0 Å². The first-order valence-corrected chi connectivity index (χ1v) is 6.00. The molecule has 0 fully saturated rings. The van der Waals surface area contributed by atoms with Crippen molar-refractivity contribution >= 4 is 17.2 Å². The van der Waals surface area contributed by atoms with Crippen molar-refractivity contribution in [2.24, 2.45) is 5.73 Å².